The van der Waals surface area contributed by atoms with Crippen molar-refractivity contribution in [2.45, 2.75) is 38.1 Å². The van der Waals surface area contributed by atoms with Gasteiger partial charge in [0.15, 0.2) is 5.11 Å². The van der Waals surface area contributed by atoms with Crippen LogP contribution in [0.25, 0.3) is 0 Å². The standard InChI is InChI=1S/C13H20N4OS/c1-17-9-5-8-11(17)12(18)15-16-13(19)14-10-6-3-2-4-7-10/h5,8-10H,2-4,6-7H2,1H3,(H,15,18)(H2,14,16,19). The SMILES string of the molecule is Cn1cccc1C(=O)NNC(=S)NC1CCCCC1. The Balaban J connectivity index is 1.74. The predicted molar refractivity (Wildman–Crippen MR) is 78.6 cm³/mol. The van der Waals surface area contributed by atoms with Crippen molar-refractivity contribution in [1.82, 2.24) is 20.7 Å². The van der Waals surface area contributed by atoms with Crippen molar-refractivity contribution < 1.29 is 4.79 Å². The molecule has 1 aliphatic rings. The van der Waals surface area contributed by atoms with Crippen LogP contribution in [0.2, 0.25) is 0 Å². The summed E-state index contributed by atoms with van der Waals surface area (Å²) in [6.45, 7) is 0. The fourth-order valence-corrected chi connectivity index (χ4v) is 2.56. The molecular weight excluding hydrogens is 260 g/mol. The summed E-state index contributed by atoms with van der Waals surface area (Å²) in [4.78, 5) is 11.8. The first-order valence-corrected chi connectivity index (χ1v) is 7.06. The quantitative estimate of drug-likeness (QED) is 0.567. The second-order valence-corrected chi connectivity index (χ2v) is 5.30. The van der Waals surface area contributed by atoms with Crippen LogP contribution in [-0.4, -0.2) is 21.6 Å². The Morgan fingerprint density at radius 3 is 2.68 bits per heavy atom. The molecule has 2 rings (SSSR count). The first-order chi connectivity index (χ1) is 9.16. The maximum atomic E-state index is 11.8. The fraction of sp³-hybridized carbons (Fsp3) is 0.538. The molecule has 0 radical (unpaired) electrons. The largest absolute Gasteiger partial charge is 0.359 e. The Labute approximate surface area is 118 Å². The maximum absolute atomic E-state index is 11.8. The first-order valence-electron chi connectivity index (χ1n) is 6.65. The lowest BCUT2D eigenvalue weighted by Gasteiger charge is -2.24. The van der Waals surface area contributed by atoms with E-state index < -0.39 is 0 Å². The van der Waals surface area contributed by atoms with E-state index in [1.165, 1.54) is 19.3 Å². The zero-order valence-corrected chi connectivity index (χ0v) is 11.9. The van der Waals surface area contributed by atoms with Crippen molar-refractivity contribution in [3.8, 4) is 0 Å². The topological polar surface area (TPSA) is 58.1 Å². The van der Waals surface area contributed by atoms with Crippen LogP contribution >= 0.6 is 12.2 Å². The summed E-state index contributed by atoms with van der Waals surface area (Å²) < 4.78 is 1.76. The van der Waals surface area contributed by atoms with Crippen molar-refractivity contribution in [1.29, 1.82) is 0 Å². The molecule has 1 heterocycles. The third-order valence-electron chi connectivity index (χ3n) is 3.41. The molecule has 0 spiro atoms. The average molecular weight is 280 g/mol. The van der Waals surface area contributed by atoms with Crippen LogP contribution in [0.15, 0.2) is 18.3 Å². The summed E-state index contributed by atoms with van der Waals surface area (Å²) in [5.41, 5.74) is 5.95. The molecule has 0 aromatic carbocycles. The number of thiocarbonyl (C=S) groups is 1. The van der Waals surface area contributed by atoms with Crippen molar-refractivity contribution in [2.75, 3.05) is 0 Å². The molecule has 1 fully saturated rings. The molecule has 0 unspecified atom stereocenters. The highest BCUT2D eigenvalue weighted by molar-refractivity contribution is 7.80. The Kier molecular flexibility index (Phi) is 4.79. The average Bonchev–Trinajstić information content (AvgIpc) is 2.83. The Morgan fingerprint density at radius 1 is 1.32 bits per heavy atom. The molecular formula is C13H20N4OS. The van der Waals surface area contributed by atoms with Gasteiger partial charge in [-0.05, 0) is 37.2 Å². The number of rotatable bonds is 2. The number of aryl methyl sites for hydroxylation is 1. The second kappa shape index (κ2) is 6.56. The van der Waals surface area contributed by atoms with Crippen LogP contribution in [0.1, 0.15) is 42.6 Å². The molecule has 0 bridgehead atoms. The summed E-state index contributed by atoms with van der Waals surface area (Å²) in [6, 6.07) is 4.02. The second-order valence-electron chi connectivity index (χ2n) is 4.89. The van der Waals surface area contributed by atoms with Crippen LogP contribution in [0, 0.1) is 0 Å². The fourth-order valence-electron chi connectivity index (χ4n) is 2.34. The summed E-state index contributed by atoms with van der Waals surface area (Å²) in [5.74, 6) is -0.194. The molecule has 5 nitrogen and oxygen atoms in total. The first kappa shape index (κ1) is 13.9. The van der Waals surface area contributed by atoms with Crippen LogP contribution in [0.3, 0.4) is 0 Å². The van der Waals surface area contributed by atoms with Gasteiger partial charge in [-0.25, -0.2) is 0 Å². The van der Waals surface area contributed by atoms with E-state index in [1.807, 2.05) is 19.3 Å². The smallest absolute Gasteiger partial charge is 0.286 e. The zero-order valence-electron chi connectivity index (χ0n) is 11.1. The van der Waals surface area contributed by atoms with Crippen molar-refractivity contribution >= 4 is 23.2 Å². The Morgan fingerprint density at radius 2 is 2.05 bits per heavy atom. The van der Waals surface area contributed by atoms with Gasteiger partial charge in [0, 0.05) is 19.3 Å². The highest BCUT2D eigenvalue weighted by atomic mass is 32.1. The maximum Gasteiger partial charge on any atom is 0.286 e. The molecule has 3 N–H and O–H groups in total. The monoisotopic (exact) mass is 280 g/mol. The van der Waals surface area contributed by atoms with Gasteiger partial charge in [0.25, 0.3) is 5.91 Å². The number of nitrogens with zero attached hydrogens (tertiary/aromatic N) is 1. The summed E-state index contributed by atoms with van der Waals surface area (Å²) in [5, 5.41) is 3.71. The third kappa shape index (κ3) is 3.96. The lowest BCUT2D eigenvalue weighted by Crippen LogP contribution is -2.50. The van der Waals surface area contributed by atoms with E-state index in [9.17, 15) is 4.79 Å². The number of hydrogen-bond acceptors (Lipinski definition) is 2. The van der Waals surface area contributed by atoms with Gasteiger partial charge in [-0.1, -0.05) is 19.3 Å². The van der Waals surface area contributed by atoms with E-state index in [0.717, 1.165) is 12.8 Å². The van der Waals surface area contributed by atoms with Gasteiger partial charge >= 0.3 is 0 Å². The molecule has 19 heavy (non-hydrogen) atoms. The summed E-state index contributed by atoms with van der Waals surface area (Å²) in [7, 11) is 1.83. The van der Waals surface area contributed by atoms with Gasteiger partial charge in [0.2, 0.25) is 0 Å². The number of carbonyl (C=O) groups excluding carboxylic acids is 1. The van der Waals surface area contributed by atoms with Crippen LogP contribution in [-0.2, 0) is 7.05 Å². The van der Waals surface area contributed by atoms with Crippen molar-refractivity contribution in [3.63, 3.8) is 0 Å². The number of carbonyl (C=O) groups is 1. The van der Waals surface area contributed by atoms with Gasteiger partial charge in [0.1, 0.15) is 5.69 Å². The van der Waals surface area contributed by atoms with Crippen LogP contribution in [0.4, 0.5) is 0 Å². The number of hydrogen-bond donors (Lipinski definition) is 3. The van der Waals surface area contributed by atoms with E-state index in [4.69, 9.17) is 12.2 Å². The lowest BCUT2D eigenvalue weighted by atomic mass is 9.96. The van der Waals surface area contributed by atoms with Crippen molar-refractivity contribution in [3.05, 3.63) is 24.0 Å². The van der Waals surface area contributed by atoms with E-state index in [2.05, 4.69) is 16.2 Å². The molecule has 0 saturated heterocycles. The van der Waals surface area contributed by atoms with Gasteiger partial charge < -0.3 is 9.88 Å². The molecule has 104 valence electrons. The van der Waals surface area contributed by atoms with E-state index >= 15 is 0 Å². The number of nitrogens with one attached hydrogen (secondary N) is 3. The van der Waals surface area contributed by atoms with E-state index in [0.29, 0.717) is 16.8 Å². The molecule has 0 atom stereocenters. The van der Waals surface area contributed by atoms with Gasteiger partial charge in [-0.2, -0.15) is 0 Å². The van der Waals surface area contributed by atoms with Gasteiger partial charge in [-0.15, -0.1) is 0 Å². The van der Waals surface area contributed by atoms with E-state index in [-0.39, 0.29) is 5.91 Å². The molecule has 1 aromatic rings. The van der Waals surface area contributed by atoms with Gasteiger partial charge in [0.05, 0.1) is 0 Å². The summed E-state index contributed by atoms with van der Waals surface area (Å²) >= 11 is 5.17. The number of aromatic nitrogens is 1. The Hall–Kier alpha value is -1.56. The normalized spacial score (nSPS) is 15.8. The number of hydrazine groups is 1. The van der Waals surface area contributed by atoms with Crippen molar-refractivity contribution in [2.24, 2.45) is 7.05 Å². The van der Waals surface area contributed by atoms with Gasteiger partial charge in [-0.3, -0.25) is 15.6 Å². The predicted octanol–water partition coefficient (Wildman–Crippen LogP) is 1.47. The lowest BCUT2D eigenvalue weighted by molar-refractivity contribution is 0.0935. The number of amides is 1. The van der Waals surface area contributed by atoms with Crippen LogP contribution in [0.5, 0.6) is 0 Å². The summed E-state index contributed by atoms with van der Waals surface area (Å²) in [6.07, 6.45) is 7.92. The minimum Gasteiger partial charge on any atom is -0.359 e. The molecule has 1 saturated carbocycles. The van der Waals surface area contributed by atoms with Crippen LogP contribution < -0.4 is 16.2 Å². The molecule has 1 aliphatic carbocycles. The molecule has 0 aliphatic heterocycles. The zero-order chi connectivity index (χ0) is 13.7. The molecule has 1 aromatic heterocycles. The highest BCUT2D eigenvalue weighted by Gasteiger charge is 2.14. The molecule has 1 amide bonds. The molecule has 6 heteroatoms. The minimum absolute atomic E-state index is 0.194. The van der Waals surface area contributed by atoms with E-state index in [1.54, 1.807) is 10.6 Å². The minimum atomic E-state index is -0.194. The Bertz CT molecular complexity index is 451. The highest BCUT2D eigenvalue weighted by Crippen LogP contribution is 2.17. The third-order valence-corrected chi connectivity index (χ3v) is 3.63.